The van der Waals surface area contributed by atoms with Crippen molar-refractivity contribution in [2.45, 2.75) is 33.2 Å². The molecule has 20 heavy (non-hydrogen) atoms. The zero-order valence-corrected chi connectivity index (χ0v) is 12.3. The van der Waals surface area contributed by atoms with E-state index in [2.05, 4.69) is 12.2 Å². The second kappa shape index (κ2) is 6.35. The van der Waals surface area contributed by atoms with Crippen molar-refractivity contribution in [3.05, 3.63) is 35.6 Å². The molecule has 3 nitrogen and oxygen atoms in total. The van der Waals surface area contributed by atoms with Crippen LogP contribution in [-0.2, 0) is 11.3 Å². The molecule has 1 heterocycles. The third-order valence-electron chi connectivity index (χ3n) is 4.31. The van der Waals surface area contributed by atoms with E-state index in [4.69, 9.17) is 0 Å². The summed E-state index contributed by atoms with van der Waals surface area (Å²) in [5, 5.41) is 3.29. The van der Waals surface area contributed by atoms with Crippen LogP contribution in [-0.4, -0.2) is 30.4 Å². The van der Waals surface area contributed by atoms with Crippen LogP contribution in [0, 0.1) is 11.2 Å². The van der Waals surface area contributed by atoms with Gasteiger partial charge in [0.25, 0.3) is 0 Å². The fourth-order valence-electron chi connectivity index (χ4n) is 2.90. The third kappa shape index (κ3) is 3.01. The molecule has 0 spiro atoms. The Morgan fingerprint density at radius 1 is 1.45 bits per heavy atom. The molecule has 110 valence electrons. The van der Waals surface area contributed by atoms with Gasteiger partial charge in [0.2, 0.25) is 5.91 Å². The molecule has 1 aromatic carbocycles. The van der Waals surface area contributed by atoms with E-state index in [0.29, 0.717) is 13.1 Å². The molecule has 0 aromatic heterocycles. The van der Waals surface area contributed by atoms with E-state index in [1.807, 2.05) is 17.9 Å². The fraction of sp³-hybridized carbons (Fsp3) is 0.562. The highest BCUT2D eigenvalue weighted by atomic mass is 19.1. The van der Waals surface area contributed by atoms with Crippen LogP contribution in [0.25, 0.3) is 0 Å². The van der Waals surface area contributed by atoms with Gasteiger partial charge in [0, 0.05) is 19.6 Å². The van der Waals surface area contributed by atoms with Crippen LogP contribution < -0.4 is 5.32 Å². The molecule has 1 unspecified atom stereocenters. The first-order chi connectivity index (χ1) is 9.61. The van der Waals surface area contributed by atoms with E-state index in [1.54, 1.807) is 6.07 Å². The van der Waals surface area contributed by atoms with Crippen molar-refractivity contribution in [3.8, 4) is 0 Å². The van der Waals surface area contributed by atoms with Gasteiger partial charge in [-0.15, -0.1) is 0 Å². The number of amides is 1. The molecule has 0 bridgehead atoms. The van der Waals surface area contributed by atoms with E-state index in [1.165, 1.54) is 12.1 Å². The highest BCUT2D eigenvalue weighted by molar-refractivity contribution is 5.83. The van der Waals surface area contributed by atoms with Crippen molar-refractivity contribution in [1.82, 2.24) is 10.2 Å². The zero-order chi connectivity index (χ0) is 14.6. The van der Waals surface area contributed by atoms with Crippen LogP contribution in [0.2, 0.25) is 0 Å². The minimum Gasteiger partial charge on any atom is -0.338 e. The van der Waals surface area contributed by atoms with Crippen molar-refractivity contribution in [2.75, 3.05) is 19.6 Å². The van der Waals surface area contributed by atoms with Gasteiger partial charge in [-0.3, -0.25) is 4.79 Å². The van der Waals surface area contributed by atoms with Gasteiger partial charge in [0.15, 0.2) is 0 Å². The lowest BCUT2D eigenvalue weighted by Crippen LogP contribution is -2.44. The second-order valence-electron chi connectivity index (χ2n) is 5.51. The molecular weight excluding hydrogens is 255 g/mol. The first kappa shape index (κ1) is 15.0. The predicted molar refractivity (Wildman–Crippen MR) is 77.7 cm³/mol. The summed E-state index contributed by atoms with van der Waals surface area (Å²) in [5.41, 5.74) is 0.570. The van der Waals surface area contributed by atoms with E-state index in [-0.39, 0.29) is 17.1 Å². The Morgan fingerprint density at radius 3 is 2.80 bits per heavy atom. The van der Waals surface area contributed by atoms with Gasteiger partial charge in [0.05, 0.1) is 5.41 Å². The molecule has 1 aromatic rings. The average molecular weight is 278 g/mol. The van der Waals surface area contributed by atoms with Crippen LogP contribution in [0.5, 0.6) is 0 Å². The maximum absolute atomic E-state index is 13.3. The molecule has 1 amide bonds. The number of benzene rings is 1. The average Bonchev–Trinajstić information content (AvgIpc) is 2.94. The normalized spacial score (nSPS) is 21.9. The number of hydrogen-bond acceptors (Lipinski definition) is 2. The number of carbonyl (C=O) groups excluding carboxylic acids is 1. The Morgan fingerprint density at radius 2 is 2.25 bits per heavy atom. The van der Waals surface area contributed by atoms with E-state index in [0.717, 1.165) is 31.5 Å². The first-order valence-corrected chi connectivity index (χ1v) is 7.36. The predicted octanol–water partition coefficient (Wildman–Crippen LogP) is 2.56. The summed E-state index contributed by atoms with van der Waals surface area (Å²) in [4.78, 5) is 14.6. The number of halogens is 1. The summed E-state index contributed by atoms with van der Waals surface area (Å²) in [7, 11) is 0. The highest BCUT2D eigenvalue weighted by Crippen LogP contribution is 2.32. The summed E-state index contributed by atoms with van der Waals surface area (Å²) in [6.45, 7) is 6.83. The standard InChI is InChI=1S/C16H23FN2O/c1-3-16(8-9-18-12-16)15(20)19(4-2)11-13-6-5-7-14(17)10-13/h5-7,10,18H,3-4,8-9,11-12H2,1-2H3. The van der Waals surface area contributed by atoms with Gasteiger partial charge in [-0.1, -0.05) is 19.1 Å². The largest absolute Gasteiger partial charge is 0.338 e. The summed E-state index contributed by atoms with van der Waals surface area (Å²) in [6.07, 6.45) is 1.74. The quantitative estimate of drug-likeness (QED) is 0.898. The Bertz CT molecular complexity index is 469. The van der Waals surface area contributed by atoms with E-state index >= 15 is 0 Å². The van der Waals surface area contributed by atoms with Crippen LogP contribution in [0.1, 0.15) is 32.3 Å². The maximum Gasteiger partial charge on any atom is 0.230 e. The molecule has 1 aliphatic heterocycles. The summed E-state index contributed by atoms with van der Waals surface area (Å²) >= 11 is 0. The topological polar surface area (TPSA) is 32.3 Å². The van der Waals surface area contributed by atoms with E-state index in [9.17, 15) is 9.18 Å². The molecule has 2 rings (SSSR count). The Hall–Kier alpha value is -1.42. The molecule has 0 aliphatic carbocycles. The lowest BCUT2D eigenvalue weighted by atomic mass is 9.82. The van der Waals surface area contributed by atoms with Gasteiger partial charge in [-0.2, -0.15) is 0 Å². The minimum absolute atomic E-state index is 0.191. The van der Waals surface area contributed by atoms with Gasteiger partial charge in [-0.05, 0) is 44.0 Å². The van der Waals surface area contributed by atoms with Gasteiger partial charge < -0.3 is 10.2 Å². The lowest BCUT2D eigenvalue weighted by Gasteiger charge is -2.32. The smallest absolute Gasteiger partial charge is 0.230 e. The van der Waals surface area contributed by atoms with Crippen LogP contribution in [0.15, 0.2) is 24.3 Å². The van der Waals surface area contributed by atoms with Crippen molar-refractivity contribution in [3.63, 3.8) is 0 Å². The molecule has 0 radical (unpaired) electrons. The first-order valence-electron chi connectivity index (χ1n) is 7.36. The Labute approximate surface area is 120 Å². The minimum atomic E-state index is -0.274. The van der Waals surface area contributed by atoms with Crippen LogP contribution in [0.4, 0.5) is 4.39 Å². The molecular formula is C16H23FN2O. The zero-order valence-electron chi connectivity index (χ0n) is 12.3. The number of nitrogens with zero attached hydrogens (tertiary/aromatic N) is 1. The molecule has 0 saturated carbocycles. The van der Waals surface area contributed by atoms with Gasteiger partial charge in [-0.25, -0.2) is 4.39 Å². The Balaban J connectivity index is 2.13. The van der Waals surface area contributed by atoms with Crippen LogP contribution >= 0.6 is 0 Å². The lowest BCUT2D eigenvalue weighted by molar-refractivity contribution is -0.141. The highest BCUT2D eigenvalue weighted by Gasteiger charge is 2.41. The molecule has 1 fully saturated rings. The van der Waals surface area contributed by atoms with Crippen molar-refractivity contribution in [1.29, 1.82) is 0 Å². The van der Waals surface area contributed by atoms with Gasteiger partial charge >= 0.3 is 0 Å². The number of carbonyl (C=O) groups is 1. The molecule has 1 atom stereocenters. The van der Waals surface area contributed by atoms with Crippen LogP contribution in [0.3, 0.4) is 0 Å². The molecule has 1 N–H and O–H groups in total. The number of hydrogen-bond donors (Lipinski definition) is 1. The van der Waals surface area contributed by atoms with Crippen molar-refractivity contribution >= 4 is 5.91 Å². The van der Waals surface area contributed by atoms with E-state index < -0.39 is 0 Å². The van der Waals surface area contributed by atoms with Gasteiger partial charge in [0.1, 0.15) is 5.82 Å². The summed E-state index contributed by atoms with van der Waals surface area (Å²) < 4.78 is 13.3. The van der Waals surface area contributed by atoms with Crippen molar-refractivity contribution < 1.29 is 9.18 Å². The maximum atomic E-state index is 13.3. The third-order valence-corrected chi connectivity index (χ3v) is 4.31. The van der Waals surface area contributed by atoms with Crippen molar-refractivity contribution in [2.24, 2.45) is 5.41 Å². The SMILES string of the molecule is CCN(Cc1cccc(F)c1)C(=O)C1(CC)CCNC1. The Kier molecular flexibility index (Phi) is 4.76. The number of rotatable bonds is 5. The molecule has 1 aliphatic rings. The number of nitrogens with one attached hydrogen (secondary N) is 1. The molecule has 4 heteroatoms. The molecule has 1 saturated heterocycles. The summed E-state index contributed by atoms with van der Waals surface area (Å²) in [6, 6.07) is 6.48. The monoisotopic (exact) mass is 278 g/mol. The fourth-order valence-corrected chi connectivity index (χ4v) is 2.90. The second-order valence-corrected chi connectivity index (χ2v) is 5.51. The summed E-state index contributed by atoms with van der Waals surface area (Å²) in [5.74, 6) is -0.0597.